The maximum atomic E-state index is 12.1. The molecule has 3 N–H and O–H groups in total. The summed E-state index contributed by atoms with van der Waals surface area (Å²) in [6.45, 7) is 2.02. The van der Waals surface area contributed by atoms with Gasteiger partial charge in [0, 0.05) is 17.3 Å². The molecule has 2 heterocycles. The summed E-state index contributed by atoms with van der Waals surface area (Å²) in [6.07, 6.45) is 2.14. The van der Waals surface area contributed by atoms with Crippen molar-refractivity contribution in [1.82, 2.24) is 10.3 Å². The van der Waals surface area contributed by atoms with Gasteiger partial charge in [-0.2, -0.15) is 0 Å². The van der Waals surface area contributed by atoms with Crippen LogP contribution in [-0.2, 0) is 16.3 Å². The van der Waals surface area contributed by atoms with E-state index in [2.05, 4.69) is 10.3 Å². The fraction of sp³-hybridized carbons (Fsp3) is 0.538. The Morgan fingerprint density at radius 1 is 1.50 bits per heavy atom. The van der Waals surface area contributed by atoms with Crippen molar-refractivity contribution in [3.8, 4) is 0 Å². The molecule has 1 unspecified atom stereocenters. The highest BCUT2D eigenvalue weighted by molar-refractivity contribution is 7.91. The number of amides is 1. The normalized spacial score (nSPS) is 20.8. The Bertz CT molecular complexity index is 613. The molecular weight excluding hydrogens is 278 g/mol. The number of nitrogens with zero attached hydrogens (tertiary/aromatic N) is 1. The number of carbonyl (C=O) groups excluding carboxylic acids is 1. The van der Waals surface area contributed by atoms with Gasteiger partial charge in [-0.15, -0.1) is 0 Å². The van der Waals surface area contributed by atoms with E-state index in [1.165, 1.54) is 6.07 Å². The number of carbonyl (C=O) groups is 1. The summed E-state index contributed by atoms with van der Waals surface area (Å²) in [7, 11) is -3.00. The van der Waals surface area contributed by atoms with Crippen LogP contribution in [0.15, 0.2) is 12.1 Å². The lowest BCUT2D eigenvalue weighted by Gasteiger charge is -2.12. The first-order chi connectivity index (χ1) is 9.39. The summed E-state index contributed by atoms with van der Waals surface area (Å²) in [4.78, 5) is 16.3. The lowest BCUT2D eigenvalue weighted by molar-refractivity contribution is 0.0941. The molecule has 1 fully saturated rings. The molecule has 1 atom stereocenters. The van der Waals surface area contributed by atoms with Gasteiger partial charge in [0.2, 0.25) is 0 Å². The van der Waals surface area contributed by atoms with E-state index < -0.39 is 9.84 Å². The number of nitrogens with one attached hydrogen (secondary N) is 1. The lowest BCUT2D eigenvalue weighted by Crippen LogP contribution is -2.35. The third-order valence-corrected chi connectivity index (χ3v) is 5.00. The molecule has 0 saturated carbocycles. The third-order valence-electron chi connectivity index (χ3n) is 3.23. The molecule has 20 heavy (non-hydrogen) atoms. The maximum Gasteiger partial charge on any atom is 0.251 e. The number of hydrogen-bond acceptors (Lipinski definition) is 5. The van der Waals surface area contributed by atoms with Gasteiger partial charge in [0.05, 0.1) is 11.5 Å². The summed E-state index contributed by atoms with van der Waals surface area (Å²) in [5.41, 5.74) is 6.90. The van der Waals surface area contributed by atoms with E-state index in [0.717, 1.165) is 18.5 Å². The van der Waals surface area contributed by atoms with Crippen molar-refractivity contribution in [2.24, 2.45) is 0 Å². The largest absolute Gasteiger partial charge is 0.384 e. The number of pyridine rings is 1. The highest BCUT2D eigenvalue weighted by Crippen LogP contribution is 2.14. The molecule has 1 aliphatic rings. The molecular formula is C13H19N3O3S. The fourth-order valence-electron chi connectivity index (χ4n) is 2.30. The van der Waals surface area contributed by atoms with E-state index in [1.54, 1.807) is 6.07 Å². The van der Waals surface area contributed by atoms with Gasteiger partial charge in [0.1, 0.15) is 5.82 Å². The Morgan fingerprint density at radius 2 is 2.25 bits per heavy atom. The van der Waals surface area contributed by atoms with Gasteiger partial charge in [-0.25, -0.2) is 13.4 Å². The first kappa shape index (κ1) is 14.8. The van der Waals surface area contributed by atoms with Crippen LogP contribution in [0.5, 0.6) is 0 Å². The summed E-state index contributed by atoms with van der Waals surface area (Å²) in [6, 6.07) is 2.91. The lowest BCUT2D eigenvalue weighted by atomic mass is 10.1. The minimum Gasteiger partial charge on any atom is -0.384 e. The van der Waals surface area contributed by atoms with Crippen LogP contribution in [0.3, 0.4) is 0 Å². The molecule has 0 aromatic carbocycles. The smallest absolute Gasteiger partial charge is 0.251 e. The number of nitrogens with two attached hydrogens (primary N) is 1. The molecule has 2 rings (SSSR count). The zero-order valence-electron chi connectivity index (χ0n) is 11.4. The van der Waals surface area contributed by atoms with Gasteiger partial charge in [0.15, 0.2) is 9.84 Å². The summed E-state index contributed by atoms with van der Waals surface area (Å²) >= 11 is 0. The molecule has 110 valence electrons. The van der Waals surface area contributed by atoms with Crippen molar-refractivity contribution in [2.75, 3.05) is 17.2 Å². The molecule has 0 aliphatic carbocycles. The number of sulfone groups is 1. The minimum absolute atomic E-state index is 0.0150. The number of aryl methyl sites for hydroxylation is 1. The van der Waals surface area contributed by atoms with Crippen molar-refractivity contribution < 1.29 is 13.2 Å². The molecule has 1 aromatic rings. The highest BCUT2D eigenvalue weighted by atomic mass is 32.2. The molecule has 1 aromatic heterocycles. The number of anilines is 1. The standard InChI is InChI=1S/C13H19N3O3S/c1-2-3-10-6-9(7-12(14)15-10)13(17)16-11-4-5-20(18,19)8-11/h6-7,11H,2-5,8H2,1H3,(H2,14,15)(H,16,17). The molecule has 1 saturated heterocycles. The Hall–Kier alpha value is -1.63. The number of aromatic nitrogens is 1. The maximum absolute atomic E-state index is 12.1. The van der Waals surface area contributed by atoms with Gasteiger partial charge in [0.25, 0.3) is 5.91 Å². The first-order valence-corrected chi connectivity index (χ1v) is 8.49. The van der Waals surface area contributed by atoms with Crippen molar-refractivity contribution in [1.29, 1.82) is 0 Å². The number of nitrogen functional groups attached to an aromatic ring is 1. The van der Waals surface area contributed by atoms with Crippen molar-refractivity contribution in [2.45, 2.75) is 32.2 Å². The second-order valence-electron chi connectivity index (χ2n) is 5.10. The molecule has 1 amide bonds. The zero-order valence-corrected chi connectivity index (χ0v) is 12.2. The van der Waals surface area contributed by atoms with E-state index in [1.807, 2.05) is 6.92 Å². The van der Waals surface area contributed by atoms with Crippen LogP contribution in [0.2, 0.25) is 0 Å². The zero-order chi connectivity index (χ0) is 14.8. The third kappa shape index (κ3) is 3.69. The van der Waals surface area contributed by atoms with Crippen LogP contribution in [0.1, 0.15) is 35.8 Å². The van der Waals surface area contributed by atoms with Crippen molar-refractivity contribution in [3.05, 3.63) is 23.4 Å². The van der Waals surface area contributed by atoms with Crippen molar-refractivity contribution >= 4 is 21.6 Å². The summed E-state index contributed by atoms with van der Waals surface area (Å²) < 4.78 is 22.7. The first-order valence-electron chi connectivity index (χ1n) is 6.67. The SMILES string of the molecule is CCCc1cc(C(=O)NC2CCS(=O)(=O)C2)cc(N)n1. The van der Waals surface area contributed by atoms with Gasteiger partial charge in [-0.3, -0.25) is 4.79 Å². The molecule has 0 bridgehead atoms. The topological polar surface area (TPSA) is 102 Å². The monoisotopic (exact) mass is 297 g/mol. The van der Waals surface area contributed by atoms with Crippen LogP contribution < -0.4 is 11.1 Å². The Balaban J connectivity index is 2.09. The van der Waals surface area contributed by atoms with Crippen molar-refractivity contribution in [3.63, 3.8) is 0 Å². The van der Waals surface area contributed by atoms with Gasteiger partial charge in [-0.05, 0) is 25.0 Å². The van der Waals surface area contributed by atoms with Crippen LogP contribution >= 0.6 is 0 Å². The van der Waals surface area contributed by atoms with E-state index in [9.17, 15) is 13.2 Å². The average molecular weight is 297 g/mol. The van der Waals surface area contributed by atoms with Gasteiger partial charge >= 0.3 is 0 Å². The van der Waals surface area contributed by atoms with Crippen LogP contribution in [0.4, 0.5) is 5.82 Å². The Morgan fingerprint density at radius 3 is 2.85 bits per heavy atom. The molecule has 1 aliphatic heterocycles. The van der Waals surface area contributed by atoms with Crippen LogP contribution in [0.25, 0.3) is 0 Å². The predicted octanol–water partition coefficient (Wildman–Crippen LogP) is 0.533. The molecule has 7 heteroatoms. The van der Waals surface area contributed by atoms with Crippen LogP contribution in [-0.4, -0.2) is 36.9 Å². The van der Waals surface area contributed by atoms with E-state index in [0.29, 0.717) is 17.8 Å². The van der Waals surface area contributed by atoms with Gasteiger partial charge < -0.3 is 11.1 Å². The Labute approximate surface area is 118 Å². The van der Waals surface area contributed by atoms with E-state index in [-0.39, 0.29) is 23.5 Å². The fourth-order valence-corrected chi connectivity index (χ4v) is 3.98. The number of hydrogen-bond donors (Lipinski definition) is 2. The molecule has 0 radical (unpaired) electrons. The molecule has 0 spiro atoms. The average Bonchev–Trinajstić information content (AvgIpc) is 2.68. The highest BCUT2D eigenvalue weighted by Gasteiger charge is 2.29. The molecule has 6 nitrogen and oxygen atoms in total. The van der Waals surface area contributed by atoms with Gasteiger partial charge in [-0.1, -0.05) is 13.3 Å². The van der Waals surface area contributed by atoms with E-state index >= 15 is 0 Å². The van der Waals surface area contributed by atoms with E-state index in [4.69, 9.17) is 5.73 Å². The predicted molar refractivity (Wildman–Crippen MR) is 77.2 cm³/mol. The summed E-state index contributed by atoms with van der Waals surface area (Å²) in [5.74, 6) is 0.164. The second-order valence-corrected chi connectivity index (χ2v) is 7.32. The second kappa shape index (κ2) is 5.78. The Kier molecular flexibility index (Phi) is 4.27. The minimum atomic E-state index is -3.00. The quantitative estimate of drug-likeness (QED) is 0.844. The number of rotatable bonds is 4. The van der Waals surface area contributed by atoms with Crippen LogP contribution in [0, 0.1) is 0 Å². The summed E-state index contributed by atoms with van der Waals surface area (Å²) in [5, 5.41) is 2.75.